The number of alkyl halides is 1. The van der Waals surface area contributed by atoms with E-state index in [1.807, 2.05) is 6.92 Å². The summed E-state index contributed by atoms with van der Waals surface area (Å²) in [5, 5.41) is 2.77. The van der Waals surface area contributed by atoms with Crippen molar-refractivity contribution in [2.75, 3.05) is 26.2 Å². The predicted molar refractivity (Wildman–Crippen MR) is 64.9 cm³/mol. The van der Waals surface area contributed by atoms with Crippen LogP contribution in [-0.4, -0.2) is 59.6 Å². The lowest BCUT2D eigenvalue weighted by molar-refractivity contribution is -0.134. The number of hydrogen-bond donors (Lipinski definition) is 1. The molecule has 102 valence electrons. The van der Waals surface area contributed by atoms with Gasteiger partial charge in [-0.05, 0) is 13.8 Å². The molecule has 6 heteroatoms. The number of piperazine rings is 1. The number of nitrogens with one attached hydrogen (secondary N) is 1. The van der Waals surface area contributed by atoms with Gasteiger partial charge in [-0.3, -0.25) is 4.79 Å². The SMILES string of the molecule is CCN1CCN(C(=O)NC2CC(C)(F)C2)CC1=O. The summed E-state index contributed by atoms with van der Waals surface area (Å²) < 4.78 is 13.3. The molecule has 18 heavy (non-hydrogen) atoms. The summed E-state index contributed by atoms with van der Waals surface area (Å²) >= 11 is 0. The maximum absolute atomic E-state index is 13.3. The minimum absolute atomic E-state index is 0.0251. The van der Waals surface area contributed by atoms with Gasteiger partial charge in [-0.1, -0.05) is 0 Å². The number of hydrogen-bond acceptors (Lipinski definition) is 2. The van der Waals surface area contributed by atoms with Gasteiger partial charge in [0.15, 0.2) is 0 Å². The first-order chi connectivity index (χ1) is 8.41. The standard InChI is InChI=1S/C12H20FN3O2/c1-3-15-4-5-16(8-10(15)17)11(18)14-9-6-12(2,13)7-9/h9H,3-8H2,1-2H3,(H,14,18). The van der Waals surface area contributed by atoms with Crippen molar-refractivity contribution in [1.29, 1.82) is 0 Å². The van der Waals surface area contributed by atoms with Crippen molar-refractivity contribution in [3.05, 3.63) is 0 Å². The second-order valence-electron chi connectivity index (χ2n) is 5.36. The average Bonchev–Trinajstić information content (AvgIpc) is 2.26. The first-order valence-corrected chi connectivity index (χ1v) is 6.43. The lowest BCUT2D eigenvalue weighted by atomic mass is 9.79. The smallest absolute Gasteiger partial charge is 0.318 e. The van der Waals surface area contributed by atoms with Crippen molar-refractivity contribution in [3.63, 3.8) is 0 Å². The largest absolute Gasteiger partial charge is 0.340 e. The summed E-state index contributed by atoms with van der Waals surface area (Å²) in [5.74, 6) is -0.0251. The van der Waals surface area contributed by atoms with E-state index >= 15 is 0 Å². The second kappa shape index (κ2) is 4.74. The maximum Gasteiger partial charge on any atom is 0.318 e. The number of carbonyl (C=O) groups excluding carboxylic acids is 2. The number of likely N-dealkylation sites (N-methyl/N-ethyl adjacent to an activating group) is 1. The molecular weight excluding hydrogens is 237 g/mol. The predicted octanol–water partition coefficient (Wildman–Crippen LogP) is 0.751. The van der Waals surface area contributed by atoms with Crippen LogP contribution in [0.5, 0.6) is 0 Å². The Morgan fingerprint density at radius 2 is 2.17 bits per heavy atom. The van der Waals surface area contributed by atoms with Crippen LogP contribution in [0.3, 0.4) is 0 Å². The fraction of sp³-hybridized carbons (Fsp3) is 0.833. The van der Waals surface area contributed by atoms with Crippen LogP contribution in [0.25, 0.3) is 0 Å². The van der Waals surface area contributed by atoms with Crippen molar-refractivity contribution in [1.82, 2.24) is 15.1 Å². The molecule has 0 aromatic heterocycles. The van der Waals surface area contributed by atoms with Crippen LogP contribution in [0.15, 0.2) is 0 Å². The molecule has 2 fully saturated rings. The lowest BCUT2D eigenvalue weighted by Crippen LogP contribution is -2.58. The Kier molecular flexibility index (Phi) is 3.45. The van der Waals surface area contributed by atoms with E-state index in [9.17, 15) is 14.0 Å². The third kappa shape index (κ3) is 2.73. The van der Waals surface area contributed by atoms with E-state index < -0.39 is 5.67 Å². The monoisotopic (exact) mass is 257 g/mol. The summed E-state index contributed by atoms with van der Waals surface area (Å²) in [6.45, 7) is 5.39. The van der Waals surface area contributed by atoms with Gasteiger partial charge in [-0.2, -0.15) is 0 Å². The van der Waals surface area contributed by atoms with Crippen LogP contribution in [0, 0.1) is 0 Å². The van der Waals surface area contributed by atoms with Gasteiger partial charge in [0.25, 0.3) is 0 Å². The first-order valence-electron chi connectivity index (χ1n) is 6.43. The highest BCUT2D eigenvalue weighted by atomic mass is 19.1. The van der Waals surface area contributed by atoms with E-state index in [0.717, 1.165) is 0 Å². The number of nitrogens with zero attached hydrogens (tertiary/aromatic N) is 2. The molecule has 5 nitrogen and oxygen atoms in total. The van der Waals surface area contributed by atoms with Gasteiger partial charge in [-0.15, -0.1) is 0 Å². The van der Waals surface area contributed by atoms with Crippen LogP contribution in [0.1, 0.15) is 26.7 Å². The minimum Gasteiger partial charge on any atom is -0.340 e. The van der Waals surface area contributed by atoms with E-state index in [4.69, 9.17) is 0 Å². The Morgan fingerprint density at radius 1 is 1.50 bits per heavy atom. The summed E-state index contributed by atoms with van der Waals surface area (Å²) in [6, 6.07) is -0.341. The zero-order valence-corrected chi connectivity index (χ0v) is 10.9. The number of rotatable bonds is 2. The van der Waals surface area contributed by atoms with Crippen molar-refractivity contribution in [2.45, 2.75) is 38.4 Å². The van der Waals surface area contributed by atoms with E-state index in [1.165, 1.54) is 4.90 Å². The molecule has 0 unspecified atom stereocenters. The van der Waals surface area contributed by atoms with Crippen molar-refractivity contribution < 1.29 is 14.0 Å². The summed E-state index contributed by atoms with van der Waals surface area (Å²) in [4.78, 5) is 26.8. The highest BCUT2D eigenvalue weighted by molar-refractivity contribution is 5.85. The Labute approximate surface area is 106 Å². The Balaban J connectivity index is 1.79. The van der Waals surface area contributed by atoms with Gasteiger partial charge in [-0.25, -0.2) is 9.18 Å². The second-order valence-corrected chi connectivity index (χ2v) is 5.36. The van der Waals surface area contributed by atoms with E-state index in [2.05, 4.69) is 5.32 Å². The summed E-state index contributed by atoms with van der Waals surface area (Å²) in [7, 11) is 0. The third-order valence-electron chi connectivity index (χ3n) is 3.66. The van der Waals surface area contributed by atoms with Gasteiger partial charge >= 0.3 is 6.03 Å². The number of urea groups is 1. The normalized spacial score (nSPS) is 32.2. The fourth-order valence-electron chi connectivity index (χ4n) is 2.55. The Hall–Kier alpha value is -1.33. The molecule has 2 aliphatic rings. The zero-order chi connectivity index (χ0) is 13.3. The molecule has 2 rings (SSSR count). The maximum atomic E-state index is 13.3. The molecule has 0 radical (unpaired) electrons. The molecule has 0 bridgehead atoms. The van der Waals surface area contributed by atoms with Crippen LogP contribution >= 0.6 is 0 Å². The molecule has 1 heterocycles. The molecule has 3 amide bonds. The molecule has 1 aliphatic heterocycles. The third-order valence-corrected chi connectivity index (χ3v) is 3.66. The van der Waals surface area contributed by atoms with E-state index in [1.54, 1.807) is 11.8 Å². The first kappa shape index (κ1) is 13.1. The fourth-order valence-corrected chi connectivity index (χ4v) is 2.55. The zero-order valence-electron chi connectivity index (χ0n) is 10.9. The van der Waals surface area contributed by atoms with Crippen LogP contribution < -0.4 is 5.32 Å². The Bertz CT molecular complexity index is 351. The van der Waals surface area contributed by atoms with Gasteiger partial charge in [0.1, 0.15) is 12.2 Å². The van der Waals surface area contributed by atoms with Crippen LogP contribution in [0.4, 0.5) is 9.18 Å². The summed E-state index contributed by atoms with van der Waals surface area (Å²) in [5.41, 5.74) is -1.14. The molecule has 1 saturated carbocycles. The van der Waals surface area contributed by atoms with Gasteiger partial charge in [0.2, 0.25) is 5.91 Å². The molecule has 0 spiro atoms. The highest BCUT2D eigenvalue weighted by Gasteiger charge is 2.42. The number of carbonyl (C=O) groups is 2. The lowest BCUT2D eigenvalue weighted by Gasteiger charge is -2.41. The molecular formula is C12H20FN3O2. The molecule has 0 aromatic rings. The van der Waals surface area contributed by atoms with Crippen LogP contribution in [-0.2, 0) is 4.79 Å². The van der Waals surface area contributed by atoms with Gasteiger partial charge in [0, 0.05) is 38.5 Å². The van der Waals surface area contributed by atoms with Crippen molar-refractivity contribution in [3.8, 4) is 0 Å². The molecule has 0 aromatic carbocycles. The number of halogens is 1. The summed E-state index contributed by atoms with van der Waals surface area (Å²) in [6.07, 6.45) is 0.725. The highest BCUT2D eigenvalue weighted by Crippen LogP contribution is 2.35. The Morgan fingerprint density at radius 3 is 2.67 bits per heavy atom. The van der Waals surface area contributed by atoms with Gasteiger partial charge < -0.3 is 15.1 Å². The van der Waals surface area contributed by atoms with Gasteiger partial charge in [0.05, 0.1) is 0 Å². The van der Waals surface area contributed by atoms with E-state index in [0.29, 0.717) is 32.5 Å². The average molecular weight is 257 g/mol. The van der Waals surface area contributed by atoms with Crippen LogP contribution in [0.2, 0.25) is 0 Å². The molecule has 1 saturated heterocycles. The molecule has 0 atom stereocenters. The van der Waals surface area contributed by atoms with Crippen molar-refractivity contribution >= 4 is 11.9 Å². The number of amides is 3. The van der Waals surface area contributed by atoms with E-state index in [-0.39, 0.29) is 24.5 Å². The minimum atomic E-state index is -1.14. The molecule has 1 aliphatic carbocycles. The quantitative estimate of drug-likeness (QED) is 0.793. The topological polar surface area (TPSA) is 52.6 Å². The van der Waals surface area contributed by atoms with Crippen molar-refractivity contribution in [2.24, 2.45) is 0 Å². The molecule has 1 N–H and O–H groups in total.